The summed E-state index contributed by atoms with van der Waals surface area (Å²) < 4.78 is 0. The lowest BCUT2D eigenvalue weighted by Gasteiger charge is -1.79. The van der Waals surface area contributed by atoms with Gasteiger partial charge in [-0.05, 0) is 0 Å². The van der Waals surface area contributed by atoms with Crippen LogP contribution in [0.25, 0.3) is 0 Å². The monoisotopic (exact) mass is 150 g/mol. The van der Waals surface area contributed by atoms with E-state index in [-0.39, 0.29) is 5.88 Å². The van der Waals surface area contributed by atoms with Crippen molar-refractivity contribution in [2.75, 3.05) is 5.88 Å². The zero-order valence-electron chi connectivity index (χ0n) is 4.03. The van der Waals surface area contributed by atoms with Gasteiger partial charge < -0.3 is 4.79 Å². The highest BCUT2D eigenvalue weighted by molar-refractivity contribution is 6.29. The molecule has 0 aromatic rings. The highest BCUT2D eigenvalue weighted by atomic mass is 35.5. The summed E-state index contributed by atoms with van der Waals surface area (Å²) in [5, 5.41) is -0.700. The summed E-state index contributed by atoms with van der Waals surface area (Å²) in [5.74, 6) is 5.07. The lowest BCUT2D eigenvalue weighted by atomic mass is 10.5. The molecule has 0 radical (unpaired) electrons. The summed E-state index contributed by atoms with van der Waals surface area (Å²) >= 11 is 10.4. The molecule has 0 fully saturated rings. The Morgan fingerprint density at radius 3 is 2.75 bits per heavy atom. The van der Waals surface area contributed by atoms with Gasteiger partial charge in [0.25, 0.3) is 0 Å². The molecule has 0 aliphatic heterocycles. The molecule has 0 aliphatic carbocycles. The Labute approximate surface area is 58.0 Å². The van der Waals surface area contributed by atoms with Crippen LogP contribution in [0.2, 0.25) is 0 Å². The quantitative estimate of drug-likeness (QED) is 0.310. The fraction of sp³-hybridized carbons (Fsp3) is 0.400. The Balaban J connectivity index is 3.50. The van der Waals surface area contributed by atoms with Gasteiger partial charge in [-0.1, -0.05) is 11.8 Å². The van der Waals surface area contributed by atoms with Gasteiger partial charge in [0.15, 0.2) is 0 Å². The van der Waals surface area contributed by atoms with E-state index in [1.54, 1.807) is 0 Å². The third-order valence-electron chi connectivity index (χ3n) is 0.426. The van der Waals surface area contributed by atoms with E-state index in [1.807, 2.05) is 0 Å². The Morgan fingerprint density at radius 2 is 2.38 bits per heavy atom. The third-order valence-corrected chi connectivity index (χ3v) is 0.772. The topological polar surface area (TPSA) is 17.1 Å². The van der Waals surface area contributed by atoms with Gasteiger partial charge in [-0.15, -0.1) is 23.2 Å². The Hall–Kier alpha value is -0.190. The Morgan fingerprint density at radius 1 is 1.75 bits per heavy atom. The molecule has 1 atom stereocenters. The van der Waals surface area contributed by atoms with E-state index in [4.69, 9.17) is 23.2 Å². The van der Waals surface area contributed by atoms with Crippen LogP contribution >= 0.6 is 23.2 Å². The van der Waals surface area contributed by atoms with Crippen molar-refractivity contribution >= 4 is 29.5 Å². The Bertz CT molecular complexity index is 122. The van der Waals surface area contributed by atoms with Crippen LogP contribution in [0.3, 0.4) is 0 Å². The summed E-state index contributed by atoms with van der Waals surface area (Å²) in [7, 11) is 0. The smallest absolute Gasteiger partial charge is 0.149 e. The van der Waals surface area contributed by atoms with Crippen molar-refractivity contribution in [1.82, 2.24) is 0 Å². The van der Waals surface area contributed by atoms with E-state index < -0.39 is 5.38 Å². The highest BCUT2D eigenvalue weighted by Gasteiger charge is 1.90. The van der Waals surface area contributed by atoms with E-state index in [2.05, 4.69) is 11.8 Å². The van der Waals surface area contributed by atoms with Gasteiger partial charge in [0.05, 0.1) is 5.88 Å². The van der Waals surface area contributed by atoms with Crippen LogP contribution in [0.4, 0.5) is 0 Å². The first-order valence-electron chi connectivity index (χ1n) is 1.95. The van der Waals surface area contributed by atoms with Gasteiger partial charge in [-0.2, -0.15) is 0 Å². The molecule has 1 unspecified atom stereocenters. The molecule has 0 N–H and O–H groups in total. The normalized spacial score (nSPS) is 11.2. The SMILES string of the molecule is O=CC(Cl)C#CCCl. The number of carbonyl (C=O) groups is 1. The van der Waals surface area contributed by atoms with E-state index in [9.17, 15) is 4.79 Å². The summed E-state index contributed by atoms with van der Waals surface area (Å²) in [5.41, 5.74) is 0. The van der Waals surface area contributed by atoms with E-state index in [0.29, 0.717) is 6.29 Å². The van der Waals surface area contributed by atoms with E-state index >= 15 is 0 Å². The second-order valence-electron chi connectivity index (χ2n) is 0.993. The molecule has 44 valence electrons. The number of aldehydes is 1. The molecule has 0 aromatic heterocycles. The van der Waals surface area contributed by atoms with Crippen LogP contribution in [0.1, 0.15) is 0 Å². The molecule has 0 bridgehead atoms. The largest absolute Gasteiger partial charge is 0.301 e. The van der Waals surface area contributed by atoms with Crippen molar-refractivity contribution in [2.45, 2.75) is 5.38 Å². The number of alkyl halides is 2. The maximum absolute atomic E-state index is 9.73. The number of rotatable bonds is 1. The van der Waals surface area contributed by atoms with Crippen molar-refractivity contribution in [1.29, 1.82) is 0 Å². The molecule has 0 saturated carbocycles. The van der Waals surface area contributed by atoms with Crippen LogP contribution in [-0.4, -0.2) is 17.5 Å². The van der Waals surface area contributed by atoms with Crippen LogP contribution in [0.5, 0.6) is 0 Å². The van der Waals surface area contributed by atoms with Crippen molar-refractivity contribution < 1.29 is 4.79 Å². The minimum Gasteiger partial charge on any atom is -0.301 e. The summed E-state index contributed by atoms with van der Waals surface area (Å²) in [6.07, 6.45) is 0.557. The van der Waals surface area contributed by atoms with Crippen molar-refractivity contribution in [3.05, 3.63) is 0 Å². The van der Waals surface area contributed by atoms with Crippen molar-refractivity contribution in [2.24, 2.45) is 0 Å². The average molecular weight is 151 g/mol. The van der Waals surface area contributed by atoms with Gasteiger partial charge in [-0.3, -0.25) is 0 Å². The van der Waals surface area contributed by atoms with Gasteiger partial charge in [-0.25, -0.2) is 0 Å². The first-order chi connectivity index (χ1) is 3.81. The Kier molecular flexibility index (Phi) is 4.84. The summed E-state index contributed by atoms with van der Waals surface area (Å²) in [6.45, 7) is 0. The van der Waals surface area contributed by atoms with Crippen LogP contribution in [-0.2, 0) is 4.79 Å². The van der Waals surface area contributed by atoms with Gasteiger partial charge in [0.2, 0.25) is 0 Å². The lowest BCUT2D eigenvalue weighted by Crippen LogP contribution is -1.93. The zero-order valence-corrected chi connectivity index (χ0v) is 5.54. The molecule has 0 rings (SSSR count). The van der Waals surface area contributed by atoms with Gasteiger partial charge >= 0.3 is 0 Å². The minimum atomic E-state index is -0.700. The average Bonchev–Trinajstić information content (AvgIpc) is 1.83. The van der Waals surface area contributed by atoms with Gasteiger partial charge in [0, 0.05) is 0 Å². The molecular formula is C5H4Cl2O. The number of halogens is 2. The molecule has 0 aromatic carbocycles. The lowest BCUT2D eigenvalue weighted by molar-refractivity contribution is -0.106. The standard InChI is InChI=1S/C5H4Cl2O/c6-3-1-2-5(7)4-8/h4-5H,3H2. The minimum absolute atomic E-state index is 0.219. The molecule has 1 nitrogen and oxygen atoms in total. The predicted octanol–water partition coefficient (Wildman–Crippen LogP) is 1.03. The molecule has 3 heteroatoms. The second-order valence-corrected chi connectivity index (χ2v) is 1.73. The molecule has 0 spiro atoms. The molecule has 0 aliphatic rings. The first-order valence-corrected chi connectivity index (χ1v) is 2.92. The maximum atomic E-state index is 9.73. The van der Waals surface area contributed by atoms with E-state index in [0.717, 1.165) is 0 Å². The molecule has 0 heterocycles. The third kappa shape index (κ3) is 3.98. The molecule has 8 heavy (non-hydrogen) atoms. The number of hydrogen-bond acceptors (Lipinski definition) is 1. The molecule has 0 amide bonds. The van der Waals surface area contributed by atoms with E-state index in [1.165, 1.54) is 0 Å². The van der Waals surface area contributed by atoms with Crippen molar-refractivity contribution in [3.8, 4) is 11.8 Å². The maximum Gasteiger partial charge on any atom is 0.149 e. The fourth-order valence-electron chi connectivity index (χ4n) is 0.170. The van der Waals surface area contributed by atoms with Crippen molar-refractivity contribution in [3.63, 3.8) is 0 Å². The highest BCUT2D eigenvalue weighted by Crippen LogP contribution is 1.85. The van der Waals surface area contributed by atoms with Crippen LogP contribution in [0.15, 0.2) is 0 Å². The number of carbonyl (C=O) groups excluding carboxylic acids is 1. The van der Waals surface area contributed by atoms with Gasteiger partial charge in [0.1, 0.15) is 11.7 Å². The fourth-order valence-corrected chi connectivity index (χ4v) is 0.324. The van der Waals surface area contributed by atoms with Crippen LogP contribution < -0.4 is 0 Å². The molecule has 0 saturated heterocycles. The first kappa shape index (κ1) is 7.81. The molecular weight excluding hydrogens is 147 g/mol. The zero-order chi connectivity index (χ0) is 6.41. The van der Waals surface area contributed by atoms with Crippen LogP contribution in [0, 0.1) is 11.8 Å². The predicted molar refractivity (Wildman–Crippen MR) is 34.2 cm³/mol. The summed E-state index contributed by atoms with van der Waals surface area (Å²) in [4.78, 5) is 9.73. The number of hydrogen-bond donors (Lipinski definition) is 0. The second kappa shape index (κ2) is 4.96. The summed E-state index contributed by atoms with van der Waals surface area (Å²) in [6, 6.07) is 0.